The molecule has 3 rings (SSSR count). The van der Waals surface area contributed by atoms with Crippen molar-refractivity contribution in [3.63, 3.8) is 0 Å². The van der Waals surface area contributed by atoms with Crippen molar-refractivity contribution in [2.24, 2.45) is 5.92 Å². The first kappa shape index (κ1) is 15.3. The first-order chi connectivity index (χ1) is 11.1. The molecule has 1 aromatic rings. The van der Waals surface area contributed by atoms with Gasteiger partial charge >= 0.3 is 5.97 Å². The van der Waals surface area contributed by atoms with E-state index in [0.29, 0.717) is 30.8 Å². The van der Waals surface area contributed by atoms with Crippen LogP contribution in [0.1, 0.15) is 12.8 Å². The summed E-state index contributed by atoms with van der Waals surface area (Å²) in [5.41, 5.74) is 0.573. The number of carboxylic acids is 1. The molecule has 1 saturated heterocycles. The maximum absolute atomic E-state index is 12.5. The van der Waals surface area contributed by atoms with Crippen molar-refractivity contribution in [2.45, 2.75) is 12.8 Å². The monoisotopic (exact) mass is 318 g/mol. The molecule has 1 fully saturated rings. The first-order valence-corrected chi connectivity index (χ1v) is 7.59. The topological polar surface area (TPSA) is 87.2 Å². The van der Waals surface area contributed by atoms with Gasteiger partial charge in [-0.25, -0.2) is 0 Å². The highest BCUT2D eigenvalue weighted by atomic mass is 16.5. The van der Waals surface area contributed by atoms with Crippen molar-refractivity contribution in [1.82, 2.24) is 4.90 Å². The number of carbonyl (C=O) groups is 3. The van der Waals surface area contributed by atoms with Gasteiger partial charge in [0.2, 0.25) is 5.91 Å². The number of anilines is 1. The van der Waals surface area contributed by atoms with Crippen LogP contribution >= 0.6 is 0 Å². The third-order valence-electron chi connectivity index (χ3n) is 4.22. The van der Waals surface area contributed by atoms with Crippen molar-refractivity contribution in [3.05, 3.63) is 24.3 Å². The van der Waals surface area contributed by atoms with Crippen molar-refractivity contribution in [1.29, 1.82) is 0 Å². The fourth-order valence-corrected chi connectivity index (χ4v) is 2.97. The average molecular weight is 318 g/mol. The highest BCUT2D eigenvalue weighted by Gasteiger charge is 2.32. The van der Waals surface area contributed by atoms with Gasteiger partial charge in [0.1, 0.15) is 12.3 Å². The lowest BCUT2D eigenvalue weighted by molar-refractivity contribution is -0.145. The number of likely N-dealkylation sites (tertiary alicyclic amines) is 1. The van der Waals surface area contributed by atoms with E-state index in [1.54, 1.807) is 24.3 Å². The predicted molar refractivity (Wildman–Crippen MR) is 81.2 cm³/mol. The zero-order valence-electron chi connectivity index (χ0n) is 12.6. The first-order valence-electron chi connectivity index (χ1n) is 7.59. The van der Waals surface area contributed by atoms with Gasteiger partial charge in [0.25, 0.3) is 5.91 Å². The van der Waals surface area contributed by atoms with E-state index in [0.717, 1.165) is 0 Å². The molecule has 7 nitrogen and oxygen atoms in total. The molecule has 2 heterocycles. The standard InChI is InChI=1S/C16H18N2O5/c19-14(17-7-3-4-11(8-17)16(21)22)9-18-12-5-1-2-6-13(12)23-10-15(18)20/h1-2,5-6,11H,3-4,7-10H2,(H,21,22)/t11-/m0/s1. The van der Waals surface area contributed by atoms with Gasteiger partial charge in [-0.3, -0.25) is 19.3 Å². The lowest BCUT2D eigenvalue weighted by Crippen LogP contribution is -2.49. The molecule has 0 bridgehead atoms. The van der Waals surface area contributed by atoms with Gasteiger partial charge in [-0.2, -0.15) is 0 Å². The number of benzene rings is 1. The number of ether oxygens (including phenoxy) is 1. The maximum atomic E-state index is 12.5. The molecule has 0 aliphatic carbocycles. The van der Waals surface area contributed by atoms with Crippen LogP contribution in [0.4, 0.5) is 5.69 Å². The molecule has 23 heavy (non-hydrogen) atoms. The minimum atomic E-state index is -0.879. The van der Waals surface area contributed by atoms with Crippen LogP contribution in [0.3, 0.4) is 0 Å². The average Bonchev–Trinajstić information content (AvgIpc) is 2.57. The van der Waals surface area contributed by atoms with Gasteiger partial charge in [-0.05, 0) is 25.0 Å². The van der Waals surface area contributed by atoms with Crippen LogP contribution in [0.25, 0.3) is 0 Å². The lowest BCUT2D eigenvalue weighted by Gasteiger charge is -2.34. The van der Waals surface area contributed by atoms with Crippen LogP contribution in [0.15, 0.2) is 24.3 Å². The van der Waals surface area contributed by atoms with E-state index in [4.69, 9.17) is 9.84 Å². The number of hydrogen-bond acceptors (Lipinski definition) is 4. The van der Waals surface area contributed by atoms with Crippen LogP contribution < -0.4 is 9.64 Å². The molecule has 0 unspecified atom stereocenters. The predicted octanol–water partition coefficient (Wildman–Crippen LogP) is 0.735. The number of carboxylic acid groups (broad SMARTS) is 1. The fourth-order valence-electron chi connectivity index (χ4n) is 2.97. The van der Waals surface area contributed by atoms with Crippen molar-refractivity contribution in [2.75, 3.05) is 31.1 Å². The summed E-state index contributed by atoms with van der Waals surface area (Å²) in [4.78, 5) is 38.6. The summed E-state index contributed by atoms with van der Waals surface area (Å²) in [5, 5.41) is 9.11. The molecule has 1 N–H and O–H groups in total. The van der Waals surface area contributed by atoms with Crippen molar-refractivity contribution >= 4 is 23.5 Å². The molecule has 0 saturated carbocycles. The molecule has 2 aliphatic rings. The molecular formula is C16H18N2O5. The number of aliphatic carboxylic acids is 1. The SMILES string of the molecule is O=C(O)[C@H]1CCCN(C(=O)CN2C(=O)COc3ccccc32)C1. The smallest absolute Gasteiger partial charge is 0.308 e. The van der Waals surface area contributed by atoms with Crippen molar-refractivity contribution in [3.8, 4) is 5.75 Å². The molecule has 2 aliphatic heterocycles. The number of amides is 2. The van der Waals surface area contributed by atoms with Crippen molar-refractivity contribution < 1.29 is 24.2 Å². The van der Waals surface area contributed by atoms with Gasteiger partial charge in [0, 0.05) is 13.1 Å². The van der Waals surface area contributed by atoms with Crippen LogP contribution in [0.2, 0.25) is 0 Å². The Bertz CT molecular complexity index is 645. The van der Waals surface area contributed by atoms with E-state index in [1.807, 2.05) is 0 Å². The molecule has 0 aromatic heterocycles. The molecule has 7 heteroatoms. The number of nitrogens with zero attached hydrogens (tertiary/aromatic N) is 2. The normalized spacial score (nSPS) is 20.7. The molecule has 2 amide bonds. The number of fused-ring (bicyclic) bond motifs is 1. The van der Waals surface area contributed by atoms with Gasteiger partial charge in [-0.15, -0.1) is 0 Å². The summed E-state index contributed by atoms with van der Waals surface area (Å²) in [5.74, 6) is -1.34. The Morgan fingerprint density at radius 2 is 2.09 bits per heavy atom. The highest BCUT2D eigenvalue weighted by molar-refractivity contribution is 6.02. The van der Waals surface area contributed by atoms with Crippen LogP contribution in [0, 0.1) is 5.92 Å². The summed E-state index contributed by atoms with van der Waals surface area (Å²) in [6.45, 7) is 0.546. The number of carbonyl (C=O) groups excluding carboxylic acids is 2. The number of piperidine rings is 1. The lowest BCUT2D eigenvalue weighted by atomic mass is 9.98. The zero-order valence-corrected chi connectivity index (χ0v) is 12.6. The van der Waals surface area contributed by atoms with E-state index < -0.39 is 11.9 Å². The van der Waals surface area contributed by atoms with Gasteiger partial charge in [0.05, 0.1) is 11.6 Å². The molecule has 1 aromatic carbocycles. The van der Waals surface area contributed by atoms with Crippen LogP contribution in [-0.4, -0.2) is 54.0 Å². The van der Waals surface area contributed by atoms with Gasteiger partial charge in [-0.1, -0.05) is 12.1 Å². The quantitative estimate of drug-likeness (QED) is 0.888. The zero-order chi connectivity index (χ0) is 16.4. The number of hydrogen-bond donors (Lipinski definition) is 1. The van der Waals surface area contributed by atoms with E-state index >= 15 is 0 Å². The molecular weight excluding hydrogens is 300 g/mol. The largest absolute Gasteiger partial charge is 0.482 e. The van der Waals surface area contributed by atoms with Gasteiger partial charge in [0.15, 0.2) is 6.61 Å². The third kappa shape index (κ3) is 3.13. The van der Waals surface area contributed by atoms with Gasteiger partial charge < -0.3 is 14.7 Å². The molecule has 1 atom stereocenters. The second-order valence-corrected chi connectivity index (χ2v) is 5.75. The Labute approximate surface area is 133 Å². The third-order valence-corrected chi connectivity index (χ3v) is 4.22. The van der Waals surface area contributed by atoms with Crippen LogP contribution in [0.5, 0.6) is 5.75 Å². The minimum absolute atomic E-state index is 0.0917. The number of para-hydroxylation sites is 2. The second-order valence-electron chi connectivity index (χ2n) is 5.75. The molecule has 122 valence electrons. The minimum Gasteiger partial charge on any atom is -0.482 e. The Balaban J connectivity index is 1.72. The Morgan fingerprint density at radius 1 is 1.30 bits per heavy atom. The Morgan fingerprint density at radius 3 is 2.87 bits per heavy atom. The summed E-state index contributed by atoms with van der Waals surface area (Å²) in [7, 11) is 0. The molecule has 0 radical (unpaired) electrons. The highest BCUT2D eigenvalue weighted by Crippen LogP contribution is 2.31. The van der Waals surface area contributed by atoms with E-state index in [9.17, 15) is 14.4 Å². The summed E-state index contributed by atoms with van der Waals surface area (Å²) in [6, 6.07) is 7.06. The van der Waals surface area contributed by atoms with E-state index in [2.05, 4.69) is 0 Å². The number of rotatable bonds is 3. The Kier molecular flexibility index (Phi) is 4.18. The van der Waals surface area contributed by atoms with Crippen LogP contribution in [-0.2, 0) is 14.4 Å². The summed E-state index contributed by atoms with van der Waals surface area (Å²) < 4.78 is 5.35. The summed E-state index contributed by atoms with van der Waals surface area (Å²) in [6.07, 6.45) is 1.24. The Hall–Kier alpha value is -2.57. The van der Waals surface area contributed by atoms with E-state index in [-0.39, 0.29) is 31.5 Å². The fraction of sp³-hybridized carbons (Fsp3) is 0.438. The summed E-state index contributed by atoms with van der Waals surface area (Å²) >= 11 is 0. The van der Waals surface area contributed by atoms with E-state index in [1.165, 1.54) is 9.80 Å². The maximum Gasteiger partial charge on any atom is 0.308 e. The second kappa shape index (κ2) is 6.28. The molecule has 0 spiro atoms.